The van der Waals surface area contributed by atoms with E-state index in [1.54, 1.807) is 25.1 Å². The molecule has 0 aliphatic heterocycles. The molecule has 0 fully saturated rings. The van der Waals surface area contributed by atoms with Crippen molar-refractivity contribution in [2.24, 2.45) is 5.10 Å². The quantitative estimate of drug-likeness (QED) is 0.474. The van der Waals surface area contributed by atoms with Crippen LogP contribution in [-0.4, -0.2) is 25.0 Å². The van der Waals surface area contributed by atoms with E-state index in [1.807, 2.05) is 42.5 Å². The Morgan fingerprint density at radius 3 is 2.79 bits per heavy atom. The van der Waals surface area contributed by atoms with Crippen LogP contribution in [0.15, 0.2) is 56.5 Å². The summed E-state index contributed by atoms with van der Waals surface area (Å²) in [6, 6.07) is 13.6. The average Bonchev–Trinajstić information content (AvgIpc) is 2.55. The predicted octanol–water partition coefficient (Wildman–Crippen LogP) is 4.60. The fraction of sp³-hybridized carbons (Fsp3) is 0.176. The van der Waals surface area contributed by atoms with Gasteiger partial charge in [-0.2, -0.15) is 5.10 Å². The monoisotopic (exact) mass is 470 g/mol. The number of thioether (sulfide) groups is 1. The summed E-state index contributed by atoms with van der Waals surface area (Å²) in [5.74, 6) is 1.68. The van der Waals surface area contributed by atoms with Crippen LogP contribution in [0, 0.1) is 0 Å². The number of hydrazone groups is 1. The summed E-state index contributed by atoms with van der Waals surface area (Å²) in [7, 11) is 1.59. The van der Waals surface area contributed by atoms with Crippen molar-refractivity contribution in [3.8, 4) is 5.75 Å². The summed E-state index contributed by atoms with van der Waals surface area (Å²) in [6.07, 6.45) is 1.57. The minimum Gasteiger partial charge on any atom is -0.496 e. The van der Waals surface area contributed by atoms with Gasteiger partial charge in [-0.15, -0.1) is 11.8 Å². The van der Waals surface area contributed by atoms with Crippen molar-refractivity contribution >= 4 is 55.7 Å². The standard InChI is InChI=1S/C17H16Br2N2O2S/c1-23-16-6-5-15(19)8-13(16)9-20-21-17(22)11-24-10-12-3-2-4-14(18)7-12/h2-9H,10-11H2,1H3,(H,21,22)/b20-9+. The van der Waals surface area contributed by atoms with Crippen LogP contribution < -0.4 is 10.2 Å². The molecule has 2 aromatic rings. The molecule has 4 nitrogen and oxygen atoms in total. The number of carbonyl (C=O) groups excluding carboxylic acids is 1. The number of hydrogen-bond donors (Lipinski definition) is 1. The first kappa shape index (κ1) is 19.0. The number of amides is 1. The molecule has 0 aromatic heterocycles. The highest BCUT2D eigenvalue weighted by Gasteiger charge is 2.03. The molecule has 0 spiro atoms. The van der Waals surface area contributed by atoms with Gasteiger partial charge in [0.2, 0.25) is 5.91 Å². The van der Waals surface area contributed by atoms with Gasteiger partial charge in [-0.3, -0.25) is 4.79 Å². The Kier molecular flexibility index (Phi) is 7.81. The Morgan fingerprint density at radius 1 is 1.25 bits per heavy atom. The lowest BCUT2D eigenvalue weighted by atomic mass is 10.2. The Morgan fingerprint density at radius 2 is 2.04 bits per heavy atom. The minimum atomic E-state index is -0.139. The molecular formula is C17H16Br2N2O2S. The van der Waals surface area contributed by atoms with E-state index >= 15 is 0 Å². The van der Waals surface area contributed by atoms with E-state index in [0.29, 0.717) is 11.5 Å². The average molecular weight is 472 g/mol. The molecule has 0 heterocycles. The molecule has 1 N–H and O–H groups in total. The lowest BCUT2D eigenvalue weighted by Gasteiger charge is -2.05. The number of benzene rings is 2. The van der Waals surface area contributed by atoms with Gasteiger partial charge in [0.1, 0.15) is 5.75 Å². The van der Waals surface area contributed by atoms with Crippen molar-refractivity contribution in [2.45, 2.75) is 5.75 Å². The maximum Gasteiger partial charge on any atom is 0.250 e. The van der Waals surface area contributed by atoms with Crippen LogP contribution in [-0.2, 0) is 10.5 Å². The molecule has 0 atom stereocenters. The SMILES string of the molecule is COc1ccc(Br)cc1/C=N/NC(=O)CSCc1cccc(Br)c1. The number of rotatable bonds is 7. The molecule has 7 heteroatoms. The van der Waals surface area contributed by atoms with Gasteiger partial charge in [0.15, 0.2) is 0 Å². The van der Waals surface area contributed by atoms with Crippen molar-refractivity contribution < 1.29 is 9.53 Å². The molecule has 0 saturated carbocycles. The van der Waals surface area contributed by atoms with Gasteiger partial charge < -0.3 is 4.74 Å². The number of methoxy groups -OCH3 is 1. The molecule has 0 aliphatic carbocycles. The smallest absolute Gasteiger partial charge is 0.250 e. The fourth-order valence-corrected chi connectivity index (χ4v) is 3.49. The third-order valence-corrected chi connectivity index (χ3v) is 4.97. The first-order chi connectivity index (χ1) is 11.6. The van der Waals surface area contributed by atoms with Crippen LogP contribution in [0.1, 0.15) is 11.1 Å². The van der Waals surface area contributed by atoms with Crippen molar-refractivity contribution in [3.05, 3.63) is 62.5 Å². The van der Waals surface area contributed by atoms with Crippen LogP contribution in [0.2, 0.25) is 0 Å². The van der Waals surface area contributed by atoms with E-state index in [-0.39, 0.29) is 5.91 Å². The highest BCUT2D eigenvalue weighted by atomic mass is 79.9. The van der Waals surface area contributed by atoms with Gasteiger partial charge in [0.05, 0.1) is 19.1 Å². The normalized spacial score (nSPS) is 10.8. The zero-order valence-corrected chi connectivity index (χ0v) is 16.9. The van der Waals surface area contributed by atoms with E-state index in [0.717, 1.165) is 20.3 Å². The van der Waals surface area contributed by atoms with E-state index in [1.165, 1.54) is 5.56 Å². The first-order valence-electron chi connectivity index (χ1n) is 7.06. The van der Waals surface area contributed by atoms with Crippen LogP contribution in [0.3, 0.4) is 0 Å². The largest absolute Gasteiger partial charge is 0.496 e. The minimum absolute atomic E-state index is 0.139. The fourth-order valence-electron chi connectivity index (χ4n) is 1.90. The Hall–Kier alpha value is -1.31. The number of hydrogen-bond acceptors (Lipinski definition) is 4. The molecular weight excluding hydrogens is 456 g/mol. The zero-order chi connectivity index (χ0) is 17.4. The van der Waals surface area contributed by atoms with Gasteiger partial charge in [0, 0.05) is 20.3 Å². The second kappa shape index (κ2) is 9.86. The van der Waals surface area contributed by atoms with E-state index in [9.17, 15) is 4.79 Å². The molecule has 0 unspecified atom stereocenters. The Bertz CT molecular complexity index is 738. The van der Waals surface area contributed by atoms with Gasteiger partial charge in [0.25, 0.3) is 0 Å². The van der Waals surface area contributed by atoms with Gasteiger partial charge in [-0.1, -0.05) is 44.0 Å². The summed E-state index contributed by atoms with van der Waals surface area (Å²) >= 11 is 8.37. The third kappa shape index (κ3) is 6.30. The van der Waals surface area contributed by atoms with E-state index < -0.39 is 0 Å². The number of nitrogens with one attached hydrogen (secondary N) is 1. The molecule has 24 heavy (non-hydrogen) atoms. The molecule has 0 radical (unpaired) electrons. The second-order valence-corrected chi connectivity index (χ2v) is 7.62. The predicted molar refractivity (Wildman–Crippen MR) is 107 cm³/mol. The topological polar surface area (TPSA) is 50.7 Å². The van der Waals surface area contributed by atoms with E-state index in [2.05, 4.69) is 42.4 Å². The molecule has 0 saturated heterocycles. The number of ether oxygens (including phenoxy) is 1. The lowest BCUT2D eigenvalue weighted by molar-refractivity contribution is -0.118. The summed E-state index contributed by atoms with van der Waals surface area (Å²) in [6.45, 7) is 0. The second-order valence-electron chi connectivity index (χ2n) is 4.80. The first-order valence-corrected chi connectivity index (χ1v) is 9.80. The molecule has 2 aromatic carbocycles. The lowest BCUT2D eigenvalue weighted by Crippen LogP contribution is -2.19. The van der Waals surface area contributed by atoms with Gasteiger partial charge in [-0.25, -0.2) is 5.43 Å². The summed E-state index contributed by atoms with van der Waals surface area (Å²) in [5, 5.41) is 3.98. The van der Waals surface area contributed by atoms with Gasteiger partial charge >= 0.3 is 0 Å². The molecule has 126 valence electrons. The van der Waals surface area contributed by atoms with Crippen molar-refractivity contribution in [3.63, 3.8) is 0 Å². The van der Waals surface area contributed by atoms with Crippen molar-refractivity contribution in [2.75, 3.05) is 12.9 Å². The maximum absolute atomic E-state index is 11.8. The third-order valence-electron chi connectivity index (χ3n) is 2.98. The highest BCUT2D eigenvalue weighted by Crippen LogP contribution is 2.21. The maximum atomic E-state index is 11.8. The molecule has 1 amide bonds. The number of carbonyl (C=O) groups is 1. The molecule has 0 bridgehead atoms. The van der Waals surface area contributed by atoms with Crippen LogP contribution >= 0.6 is 43.6 Å². The highest BCUT2D eigenvalue weighted by molar-refractivity contribution is 9.10. The molecule has 0 aliphatic rings. The van der Waals surface area contributed by atoms with Crippen molar-refractivity contribution in [1.29, 1.82) is 0 Å². The zero-order valence-electron chi connectivity index (χ0n) is 13.0. The van der Waals surface area contributed by atoms with Crippen LogP contribution in [0.4, 0.5) is 0 Å². The summed E-state index contributed by atoms with van der Waals surface area (Å²) in [5.41, 5.74) is 4.49. The van der Waals surface area contributed by atoms with Gasteiger partial charge in [-0.05, 0) is 35.9 Å². The number of halogens is 2. The van der Waals surface area contributed by atoms with E-state index in [4.69, 9.17) is 4.74 Å². The summed E-state index contributed by atoms with van der Waals surface area (Å²) in [4.78, 5) is 11.8. The van der Waals surface area contributed by atoms with Crippen LogP contribution in [0.5, 0.6) is 5.75 Å². The Balaban J connectivity index is 1.80. The summed E-state index contributed by atoms with van der Waals surface area (Å²) < 4.78 is 7.21. The Labute approximate surface area is 162 Å². The molecule has 2 rings (SSSR count). The van der Waals surface area contributed by atoms with Crippen LogP contribution in [0.25, 0.3) is 0 Å². The van der Waals surface area contributed by atoms with Crippen molar-refractivity contribution in [1.82, 2.24) is 5.43 Å². The number of nitrogens with zero attached hydrogens (tertiary/aromatic N) is 1.